The summed E-state index contributed by atoms with van der Waals surface area (Å²) >= 11 is 1.54. The summed E-state index contributed by atoms with van der Waals surface area (Å²) in [5.74, 6) is 0.321. The van der Waals surface area contributed by atoms with Crippen LogP contribution in [-0.4, -0.2) is 21.3 Å². The highest BCUT2D eigenvalue weighted by atomic mass is 32.2. The number of thioether (sulfide) groups is 1. The molecule has 0 aliphatic heterocycles. The van der Waals surface area contributed by atoms with E-state index in [1.54, 1.807) is 30.1 Å². The van der Waals surface area contributed by atoms with Crippen molar-refractivity contribution in [1.82, 2.24) is 15.4 Å². The number of H-pyrrole nitrogens is 1. The van der Waals surface area contributed by atoms with Gasteiger partial charge in [-0.1, -0.05) is 23.9 Å². The Bertz CT molecular complexity index is 483. The molecule has 0 aliphatic carbocycles. The molecule has 5 nitrogen and oxygen atoms in total. The van der Waals surface area contributed by atoms with Gasteiger partial charge >= 0.3 is 0 Å². The summed E-state index contributed by atoms with van der Waals surface area (Å²) < 4.78 is 0. The number of aromatic amines is 1. The maximum absolute atomic E-state index is 11.0. The SMILES string of the molecule is NC(=O)c1cccc(CSc2cn[nH]n2)c1. The van der Waals surface area contributed by atoms with Crippen molar-refractivity contribution in [3.63, 3.8) is 0 Å². The van der Waals surface area contributed by atoms with Crippen LogP contribution in [0.1, 0.15) is 15.9 Å². The van der Waals surface area contributed by atoms with Gasteiger partial charge in [0.15, 0.2) is 0 Å². The quantitative estimate of drug-likeness (QED) is 0.778. The van der Waals surface area contributed by atoms with Gasteiger partial charge in [0.25, 0.3) is 0 Å². The molecule has 0 aliphatic rings. The van der Waals surface area contributed by atoms with E-state index in [4.69, 9.17) is 5.73 Å². The van der Waals surface area contributed by atoms with Crippen LogP contribution >= 0.6 is 11.8 Å². The molecule has 2 aromatic rings. The van der Waals surface area contributed by atoms with Gasteiger partial charge in [-0.05, 0) is 17.7 Å². The second kappa shape index (κ2) is 4.80. The van der Waals surface area contributed by atoms with Crippen molar-refractivity contribution in [3.8, 4) is 0 Å². The van der Waals surface area contributed by atoms with E-state index in [9.17, 15) is 4.79 Å². The molecule has 0 atom stereocenters. The molecule has 1 amide bonds. The minimum absolute atomic E-state index is 0.409. The third kappa shape index (κ3) is 2.60. The second-order valence-corrected chi connectivity index (χ2v) is 4.16. The molecule has 0 radical (unpaired) electrons. The van der Waals surface area contributed by atoms with Gasteiger partial charge in [0.1, 0.15) is 5.03 Å². The van der Waals surface area contributed by atoms with Gasteiger partial charge in [-0.3, -0.25) is 4.79 Å². The minimum Gasteiger partial charge on any atom is -0.366 e. The molecular formula is C10H10N4OS. The molecule has 3 N–H and O–H groups in total. The summed E-state index contributed by atoms with van der Waals surface area (Å²) in [7, 11) is 0. The number of nitrogens with two attached hydrogens (primary N) is 1. The molecule has 1 aromatic carbocycles. The Kier molecular flexibility index (Phi) is 3.21. The lowest BCUT2D eigenvalue weighted by atomic mass is 10.1. The van der Waals surface area contributed by atoms with Crippen LogP contribution in [0.5, 0.6) is 0 Å². The Hall–Kier alpha value is -1.82. The maximum Gasteiger partial charge on any atom is 0.248 e. The predicted molar refractivity (Wildman–Crippen MR) is 60.9 cm³/mol. The van der Waals surface area contributed by atoms with Gasteiger partial charge in [0.2, 0.25) is 5.91 Å². The van der Waals surface area contributed by atoms with Crippen LogP contribution in [0, 0.1) is 0 Å². The molecule has 0 saturated carbocycles. The lowest BCUT2D eigenvalue weighted by Gasteiger charge is -2.01. The van der Waals surface area contributed by atoms with Crippen molar-refractivity contribution in [2.24, 2.45) is 5.73 Å². The third-order valence-electron chi connectivity index (χ3n) is 1.99. The normalized spacial score (nSPS) is 10.2. The molecule has 82 valence electrons. The van der Waals surface area contributed by atoms with Crippen molar-refractivity contribution < 1.29 is 4.79 Å². The first kappa shape index (κ1) is 10.7. The molecule has 0 fully saturated rings. The second-order valence-electron chi connectivity index (χ2n) is 3.16. The summed E-state index contributed by atoms with van der Waals surface area (Å²) in [4.78, 5) is 11.0. The van der Waals surface area contributed by atoms with Gasteiger partial charge in [-0.25, -0.2) is 0 Å². The Balaban J connectivity index is 2.04. The summed E-state index contributed by atoms with van der Waals surface area (Å²) in [5.41, 5.74) is 6.76. The molecule has 0 saturated heterocycles. The number of hydrogen-bond acceptors (Lipinski definition) is 4. The maximum atomic E-state index is 11.0. The molecule has 0 unspecified atom stereocenters. The monoisotopic (exact) mass is 234 g/mol. The third-order valence-corrected chi connectivity index (χ3v) is 2.96. The Morgan fingerprint density at radius 1 is 1.50 bits per heavy atom. The van der Waals surface area contributed by atoms with Gasteiger partial charge in [0.05, 0.1) is 6.20 Å². The average Bonchev–Trinajstić information content (AvgIpc) is 2.79. The van der Waals surface area contributed by atoms with Crippen molar-refractivity contribution >= 4 is 17.7 Å². The van der Waals surface area contributed by atoms with Crippen molar-refractivity contribution in [1.29, 1.82) is 0 Å². The summed E-state index contributed by atoms with van der Waals surface area (Å²) in [6, 6.07) is 7.25. The van der Waals surface area contributed by atoms with Gasteiger partial charge < -0.3 is 5.73 Å². The van der Waals surface area contributed by atoms with Crippen LogP contribution in [-0.2, 0) is 5.75 Å². The van der Waals surface area contributed by atoms with Crippen molar-refractivity contribution in [2.75, 3.05) is 0 Å². The minimum atomic E-state index is -0.409. The van der Waals surface area contributed by atoms with E-state index in [1.807, 2.05) is 12.1 Å². The van der Waals surface area contributed by atoms with Crippen LogP contribution in [0.3, 0.4) is 0 Å². The number of nitrogens with one attached hydrogen (secondary N) is 1. The van der Waals surface area contributed by atoms with Crippen LogP contribution in [0.2, 0.25) is 0 Å². The van der Waals surface area contributed by atoms with E-state index in [-0.39, 0.29) is 0 Å². The van der Waals surface area contributed by atoms with Crippen LogP contribution in [0.4, 0.5) is 0 Å². The fraction of sp³-hybridized carbons (Fsp3) is 0.100. The smallest absolute Gasteiger partial charge is 0.248 e. The molecule has 16 heavy (non-hydrogen) atoms. The lowest BCUT2D eigenvalue weighted by Crippen LogP contribution is -2.10. The zero-order chi connectivity index (χ0) is 11.4. The first-order chi connectivity index (χ1) is 7.75. The molecule has 6 heteroatoms. The molecular weight excluding hydrogens is 224 g/mol. The van der Waals surface area contributed by atoms with E-state index in [1.165, 1.54) is 0 Å². The number of primary amides is 1. The van der Waals surface area contributed by atoms with Crippen molar-refractivity contribution in [2.45, 2.75) is 10.8 Å². The summed E-state index contributed by atoms with van der Waals surface area (Å²) in [6.07, 6.45) is 1.66. The molecule has 1 aromatic heterocycles. The summed E-state index contributed by atoms with van der Waals surface area (Å²) in [6.45, 7) is 0. The van der Waals surface area contributed by atoms with E-state index in [0.29, 0.717) is 5.56 Å². The number of hydrogen-bond donors (Lipinski definition) is 2. The highest BCUT2D eigenvalue weighted by Crippen LogP contribution is 2.19. The topological polar surface area (TPSA) is 84.7 Å². The number of benzene rings is 1. The van der Waals surface area contributed by atoms with Gasteiger partial charge in [-0.15, -0.1) is 5.10 Å². The zero-order valence-corrected chi connectivity index (χ0v) is 9.20. The average molecular weight is 234 g/mol. The Morgan fingerprint density at radius 2 is 2.38 bits per heavy atom. The van der Waals surface area contributed by atoms with Crippen LogP contribution in [0.15, 0.2) is 35.5 Å². The summed E-state index contributed by atoms with van der Waals surface area (Å²) in [5, 5.41) is 11.0. The lowest BCUT2D eigenvalue weighted by molar-refractivity contribution is 0.1000. The Morgan fingerprint density at radius 3 is 3.06 bits per heavy atom. The number of rotatable bonds is 4. The van der Waals surface area contributed by atoms with E-state index < -0.39 is 5.91 Å². The van der Waals surface area contributed by atoms with Crippen LogP contribution < -0.4 is 5.73 Å². The van der Waals surface area contributed by atoms with E-state index >= 15 is 0 Å². The largest absolute Gasteiger partial charge is 0.366 e. The van der Waals surface area contributed by atoms with Gasteiger partial charge in [0, 0.05) is 11.3 Å². The van der Waals surface area contributed by atoms with E-state index in [0.717, 1.165) is 16.3 Å². The van der Waals surface area contributed by atoms with Crippen LogP contribution in [0.25, 0.3) is 0 Å². The molecule has 1 heterocycles. The number of amides is 1. The molecule has 0 spiro atoms. The highest BCUT2D eigenvalue weighted by Gasteiger charge is 2.02. The van der Waals surface area contributed by atoms with E-state index in [2.05, 4.69) is 15.4 Å². The zero-order valence-electron chi connectivity index (χ0n) is 8.38. The number of aromatic nitrogens is 3. The number of carbonyl (C=O) groups excluding carboxylic acids is 1. The van der Waals surface area contributed by atoms with Gasteiger partial charge in [-0.2, -0.15) is 10.3 Å². The predicted octanol–water partition coefficient (Wildman–Crippen LogP) is 1.20. The standard InChI is InChI=1S/C10H10N4OS/c11-10(15)8-3-1-2-7(4-8)6-16-9-5-12-14-13-9/h1-5H,6H2,(H2,11,15)(H,12,13,14). The first-order valence-electron chi connectivity index (χ1n) is 4.63. The van der Waals surface area contributed by atoms with Crippen molar-refractivity contribution in [3.05, 3.63) is 41.6 Å². The number of nitrogens with zero attached hydrogens (tertiary/aromatic N) is 2. The first-order valence-corrected chi connectivity index (χ1v) is 5.61. The molecule has 2 rings (SSSR count). The fourth-order valence-electron chi connectivity index (χ4n) is 1.23. The highest BCUT2D eigenvalue weighted by molar-refractivity contribution is 7.98. The molecule has 0 bridgehead atoms. The Labute approximate surface area is 96.4 Å². The number of carbonyl (C=O) groups is 1. The fourth-order valence-corrected chi connectivity index (χ4v) is 1.96.